The minimum atomic E-state index is 0.353. The van der Waals surface area contributed by atoms with E-state index in [0.29, 0.717) is 5.75 Å². The van der Waals surface area contributed by atoms with E-state index in [4.69, 9.17) is 0 Å². The van der Waals surface area contributed by atoms with Gasteiger partial charge in [-0.15, -0.1) is 0 Å². The molecule has 0 saturated heterocycles. The van der Waals surface area contributed by atoms with Crippen molar-refractivity contribution in [3.05, 3.63) is 77.4 Å². The lowest BCUT2D eigenvalue weighted by Gasteiger charge is -2.20. The second kappa shape index (κ2) is 7.57. The van der Waals surface area contributed by atoms with Crippen molar-refractivity contribution in [3.8, 4) is 28.0 Å². The quantitative estimate of drug-likeness (QED) is 0.553. The van der Waals surface area contributed by atoms with E-state index in [2.05, 4.69) is 57.2 Å². The molecule has 0 spiro atoms. The average molecular weight is 330 g/mol. The van der Waals surface area contributed by atoms with Gasteiger partial charge in [-0.25, -0.2) is 0 Å². The first-order valence-corrected chi connectivity index (χ1v) is 9.10. The van der Waals surface area contributed by atoms with Gasteiger partial charge in [-0.3, -0.25) is 0 Å². The van der Waals surface area contributed by atoms with Gasteiger partial charge in [-0.1, -0.05) is 67.9 Å². The molecule has 0 atom stereocenters. The van der Waals surface area contributed by atoms with Gasteiger partial charge in [0.1, 0.15) is 5.75 Å². The molecule has 0 aliphatic rings. The molecule has 3 aromatic rings. The molecule has 0 unspecified atom stereocenters. The molecule has 0 aromatic heterocycles. The van der Waals surface area contributed by atoms with Crippen LogP contribution < -0.4 is 0 Å². The zero-order chi connectivity index (χ0) is 17.8. The van der Waals surface area contributed by atoms with E-state index in [9.17, 15) is 5.11 Å². The van der Waals surface area contributed by atoms with Crippen LogP contribution in [0.2, 0.25) is 0 Å². The maximum Gasteiger partial charge on any atom is 0.123 e. The van der Waals surface area contributed by atoms with E-state index in [-0.39, 0.29) is 0 Å². The van der Waals surface area contributed by atoms with Crippen LogP contribution in [-0.2, 0) is 6.42 Å². The second-order valence-electron chi connectivity index (χ2n) is 6.71. The van der Waals surface area contributed by atoms with Crippen LogP contribution in [0.4, 0.5) is 0 Å². The van der Waals surface area contributed by atoms with Gasteiger partial charge in [0.05, 0.1) is 0 Å². The molecule has 1 heteroatoms. The molecule has 1 nitrogen and oxygen atoms in total. The fraction of sp³-hybridized carbons (Fsp3) is 0.250. The Morgan fingerprint density at radius 1 is 0.840 bits per heavy atom. The Kier molecular flexibility index (Phi) is 5.23. The van der Waals surface area contributed by atoms with Crippen LogP contribution in [0.5, 0.6) is 5.75 Å². The molecule has 3 aromatic carbocycles. The molecule has 25 heavy (non-hydrogen) atoms. The van der Waals surface area contributed by atoms with Crippen LogP contribution in [0.25, 0.3) is 22.3 Å². The molecular weight excluding hydrogens is 304 g/mol. The minimum Gasteiger partial charge on any atom is -0.507 e. The number of para-hydroxylation sites is 1. The summed E-state index contributed by atoms with van der Waals surface area (Å²) in [5.74, 6) is 0.353. The van der Waals surface area contributed by atoms with Crippen molar-refractivity contribution >= 4 is 0 Å². The van der Waals surface area contributed by atoms with E-state index < -0.39 is 0 Å². The highest BCUT2D eigenvalue weighted by molar-refractivity contribution is 5.82. The molecule has 0 heterocycles. The summed E-state index contributed by atoms with van der Waals surface area (Å²) in [6.07, 6.45) is 3.35. The molecule has 0 fully saturated rings. The normalized spacial score (nSPS) is 10.8. The Bertz CT molecular complexity index is 863. The summed E-state index contributed by atoms with van der Waals surface area (Å²) >= 11 is 0. The molecule has 3 rings (SSSR count). The average Bonchev–Trinajstić information content (AvgIpc) is 2.62. The van der Waals surface area contributed by atoms with Crippen molar-refractivity contribution in [2.45, 2.75) is 40.0 Å². The number of hydrogen-bond acceptors (Lipinski definition) is 1. The predicted molar refractivity (Wildman–Crippen MR) is 107 cm³/mol. The lowest BCUT2D eigenvalue weighted by Crippen LogP contribution is -2.00. The van der Waals surface area contributed by atoms with Gasteiger partial charge in [0.15, 0.2) is 0 Å². The Balaban J connectivity index is 2.25. The first-order chi connectivity index (χ1) is 12.1. The second-order valence-corrected chi connectivity index (χ2v) is 6.71. The zero-order valence-corrected chi connectivity index (χ0v) is 15.3. The number of rotatable bonds is 5. The van der Waals surface area contributed by atoms with Crippen molar-refractivity contribution in [1.29, 1.82) is 0 Å². The summed E-state index contributed by atoms with van der Waals surface area (Å²) in [4.78, 5) is 0. The smallest absolute Gasteiger partial charge is 0.123 e. The highest BCUT2D eigenvalue weighted by atomic mass is 16.3. The summed E-state index contributed by atoms with van der Waals surface area (Å²) in [7, 11) is 0. The number of hydrogen-bond donors (Lipinski definition) is 1. The highest BCUT2D eigenvalue weighted by Gasteiger charge is 2.17. The van der Waals surface area contributed by atoms with Crippen LogP contribution >= 0.6 is 0 Å². The van der Waals surface area contributed by atoms with Gasteiger partial charge in [-0.05, 0) is 66.1 Å². The molecule has 0 aliphatic heterocycles. The molecule has 0 saturated carbocycles. The third-order valence-corrected chi connectivity index (χ3v) is 4.94. The minimum absolute atomic E-state index is 0.353. The molecule has 0 amide bonds. The zero-order valence-electron chi connectivity index (χ0n) is 15.3. The van der Waals surface area contributed by atoms with Crippen molar-refractivity contribution in [2.75, 3.05) is 0 Å². The van der Waals surface area contributed by atoms with Crippen LogP contribution in [0.3, 0.4) is 0 Å². The number of aryl methyl sites for hydroxylation is 1. The van der Waals surface area contributed by atoms with E-state index in [1.165, 1.54) is 33.4 Å². The van der Waals surface area contributed by atoms with E-state index >= 15 is 0 Å². The number of benzene rings is 3. The maximum absolute atomic E-state index is 10.4. The van der Waals surface area contributed by atoms with Gasteiger partial charge in [0, 0.05) is 5.56 Å². The molecule has 1 N–H and O–H groups in total. The number of phenols is 1. The summed E-state index contributed by atoms with van der Waals surface area (Å²) in [6, 6.07) is 20.5. The van der Waals surface area contributed by atoms with Gasteiger partial charge in [0.25, 0.3) is 0 Å². The Hall–Kier alpha value is -2.54. The molecule has 0 radical (unpaired) electrons. The van der Waals surface area contributed by atoms with Gasteiger partial charge in [-0.2, -0.15) is 0 Å². The molecular formula is C24H26O. The SMILES string of the molecule is CCCCc1c(-c2ccccc2O)cc(C)c(-c2ccccc2)c1C. The lowest BCUT2D eigenvalue weighted by molar-refractivity contribution is 0.477. The van der Waals surface area contributed by atoms with Crippen LogP contribution in [0, 0.1) is 13.8 Å². The standard InChI is InChI=1S/C24H26O/c1-4-5-13-20-18(3)24(19-11-7-6-8-12-19)17(2)16-22(20)21-14-9-10-15-23(21)25/h6-12,14-16,25H,4-5,13H2,1-3H3. The largest absolute Gasteiger partial charge is 0.507 e. The summed E-state index contributed by atoms with van der Waals surface area (Å²) < 4.78 is 0. The number of phenolic OH excluding ortho intramolecular Hbond substituents is 1. The number of unbranched alkanes of at least 4 members (excludes halogenated alkanes) is 1. The first kappa shape index (κ1) is 17.3. The van der Waals surface area contributed by atoms with E-state index in [0.717, 1.165) is 24.8 Å². The third-order valence-electron chi connectivity index (χ3n) is 4.94. The fourth-order valence-electron chi connectivity index (χ4n) is 3.69. The Morgan fingerprint density at radius 2 is 1.52 bits per heavy atom. The first-order valence-electron chi connectivity index (χ1n) is 9.10. The van der Waals surface area contributed by atoms with Crippen LogP contribution in [-0.4, -0.2) is 5.11 Å². The van der Waals surface area contributed by atoms with Crippen LogP contribution in [0.15, 0.2) is 60.7 Å². The maximum atomic E-state index is 10.4. The van der Waals surface area contributed by atoms with Gasteiger partial charge < -0.3 is 5.11 Å². The summed E-state index contributed by atoms with van der Waals surface area (Å²) in [5.41, 5.74) is 8.62. The number of aromatic hydroxyl groups is 1. The third kappa shape index (κ3) is 3.46. The van der Waals surface area contributed by atoms with Crippen molar-refractivity contribution in [2.24, 2.45) is 0 Å². The Morgan fingerprint density at radius 3 is 2.20 bits per heavy atom. The summed E-state index contributed by atoms with van der Waals surface area (Å²) in [6.45, 7) is 6.62. The van der Waals surface area contributed by atoms with Crippen molar-refractivity contribution in [1.82, 2.24) is 0 Å². The molecule has 128 valence electrons. The monoisotopic (exact) mass is 330 g/mol. The van der Waals surface area contributed by atoms with Crippen molar-refractivity contribution < 1.29 is 5.11 Å². The van der Waals surface area contributed by atoms with Crippen LogP contribution in [0.1, 0.15) is 36.5 Å². The summed E-state index contributed by atoms with van der Waals surface area (Å²) in [5, 5.41) is 10.4. The topological polar surface area (TPSA) is 20.2 Å². The van der Waals surface area contributed by atoms with Crippen molar-refractivity contribution in [3.63, 3.8) is 0 Å². The Labute approximate surface area is 151 Å². The molecule has 0 aliphatic carbocycles. The van der Waals surface area contributed by atoms with Gasteiger partial charge >= 0.3 is 0 Å². The molecule has 0 bridgehead atoms. The van der Waals surface area contributed by atoms with E-state index in [1.807, 2.05) is 18.2 Å². The predicted octanol–water partition coefficient (Wildman–Crippen LogP) is 6.69. The van der Waals surface area contributed by atoms with E-state index in [1.54, 1.807) is 6.07 Å². The fourth-order valence-corrected chi connectivity index (χ4v) is 3.69. The lowest BCUT2D eigenvalue weighted by atomic mass is 9.84. The van der Waals surface area contributed by atoms with Gasteiger partial charge in [0.2, 0.25) is 0 Å². The highest BCUT2D eigenvalue weighted by Crippen LogP contribution is 2.39.